The number of aromatic nitrogens is 2. The minimum atomic E-state index is -4.75. The van der Waals surface area contributed by atoms with E-state index in [1.54, 1.807) is 30.5 Å². The molecule has 6 rings (SSSR count). The Morgan fingerprint density at radius 3 is 2.13 bits per heavy atom. The number of piperidine rings is 1. The third-order valence-electron chi connectivity index (χ3n) is 7.28. The molecule has 5 nitrogen and oxygen atoms in total. The standard InChI is InChI=1S/C29H25F5N4O/c30-21-7-11-26-19(14-21)3-4-20-15-22(31)8-12-27(20)38(26)23-2-1-13-37(17-23)28-35-16-25(36-28)18-5-9-24(10-6-18)39-29(32,33)34/h5-12,14-16,23H,1-4,13,17H2,(H,35,36). The second kappa shape index (κ2) is 9.91. The molecule has 4 aromatic rings. The third kappa shape index (κ3) is 5.28. The molecule has 202 valence electrons. The van der Waals surface area contributed by atoms with Gasteiger partial charge in [0, 0.05) is 36.2 Å². The highest BCUT2D eigenvalue weighted by Gasteiger charge is 2.33. The number of nitrogens with zero attached hydrogens (tertiary/aromatic N) is 3. The molecule has 2 aliphatic heterocycles. The van der Waals surface area contributed by atoms with Gasteiger partial charge in [-0.3, -0.25) is 0 Å². The highest BCUT2D eigenvalue weighted by Crippen LogP contribution is 2.40. The fraction of sp³-hybridized carbons (Fsp3) is 0.276. The van der Waals surface area contributed by atoms with Gasteiger partial charge in [0.1, 0.15) is 17.4 Å². The van der Waals surface area contributed by atoms with Crippen LogP contribution in [0.3, 0.4) is 0 Å². The highest BCUT2D eigenvalue weighted by atomic mass is 19.4. The molecule has 0 radical (unpaired) electrons. The summed E-state index contributed by atoms with van der Waals surface area (Å²) in [5.74, 6) is -0.230. The summed E-state index contributed by atoms with van der Waals surface area (Å²) in [6, 6.07) is 15.3. The summed E-state index contributed by atoms with van der Waals surface area (Å²) in [5, 5.41) is 0. The Morgan fingerprint density at radius 1 is 0.872 bits per heavy atom. The lowest BCUT2D eigenvalue weighted by atomic mass is 10.0. The zero-order chi connectivity index (χ0) is 27.1. The molecule has 2 aliphatic rings. The van der Waals surface area contributed by atoms with Gasteiger partial charge in [0.25, 0.3) is 0 Å². The molecule has 1 aromatic heterocycles. The minimum Gasteiger partial charge on any atom is -0.406 e. The summed E-state index contributed by atoms with van der Waals surface area (Å²) >= 11 is 0. The molecule has 0 bridgehead atoms. The molecule has 1 fully saturated rings. The average Bonchev–Trinajstić information content (AvgIpc) is 3.34. The Labute approximate surface area is 221 Å². The maximum absolute atomic E-state index is 14.2. The molecule has 0 saturated carbocycles. The van der Waals surface area contributed by atoms with Crippen LogP contribution < -0.4 is 14.5 Å². The van der Waals surface area contributed by atoms with Crippen molar-refractivity contribution in [2.75, 3.05) is 22.9 Å². The summed E-state index contributed by atoms with van der Waals surface area (Å²) in [7, 11) is 0. The van der Waals surface area contributed by atoms with E-state index in [-0.39, 0.29) is 23.4 Å². The Balaban J connectivity index is 1.27. The van der Waals surface area contributed by atoms with Crippen molar-refractivity contribution in [3.63, 3.8) is 0 Å². The number of H-pyrrole nitrogens is 1. The summed E-state index contributed by atoms with van der Waals surface area (Å²) < 4.78 is 69.7. The number of nitrogens with one attached hydrogen (secondary N) is 1. The van der Waals surface area contributed by atoms with Crippen molar-refractivity contribution in [1.82, 2.24) is 9.97 Å². The number of benzene rings is 3. The van der Waals surface area contributed by atoms with E-state index >= 15 is 0 Å². The van der Waals surface area contributed by atoms with Gasteiger partial charge in [-0.1, -0.05) is 0 Å². The Hall–Kier alpha value is -4.08. The summed E-state index contributed by atoms with van der Waals surface area (Å²) in [6.07, 6.45) is -0.0229. The summed E-state index contributed by atoms with van der Waals surface area (Å²) in [4.78, 5) is 12.3. The first-order valence-electron chi connectivity index (χ1n) is 12.8. The van der Waals surface area contributed by atoms with Gasteiger partial charge in [-0.2, -0.15) is 0 Å². The monoisotopic (exact) mass is 540 g/mol. The second-order valence-corrected chi connectivity index (χ2v) is 9.84. The van der Waals surface area contributed by atoms with Crippen LogP contribution >= 0.6 is 0 Å². The van der Waals surface area contributed by atoms with Crippen LogP contribution in [0.2, 0.25) is 0 Å². The zero-order valence-electron chi connectivity index (χ0n) is 20.8. The lowest BCUT2D eigenvalue weighted by Gasteiger charge is -2.41. The molecule has 3 aromatic carbocycles. The minimum absolute atomic E-state index is 0.0256. The van der Waals surface area contributed by atoms with Crippen molar-refractivity contribution in [3.8, 4) is 17.0 Å². The van der Waals surface area contributed by atoms with E-state index in [1.807, 2.05) is 0 Å². The van der Waals surface area contributed by atoms with Gasteiger partial charge < -0.3 is 19.5 Å². The largest absolute Gasteiger partial charge is 0.573 e. The van der Waals surface area contributed by atoms with Crippen LogP contribution in [-0.2, 0) is 12.8 Å². The average molecular weight is 541 g/mol. The van der Waals surface area contributed by atoms with Crippen molar-refractivity contribution < 1.29 is 26.7 Å². The molecule has 3 heterocycles. The zero-order valence-corrected chi connectivity index (χ0v) is 20.8. The van der Waals surface area contributed by atoms with E-state index in [4.69, 9.17) is 4.98 Å². The van der Waals surface area contributed by atoms with E-state index in [0.717, 1.165) is 41.9 Å². The maximum Gasteiger partial charge on any atom is 0.573 e. The number of aromatic amines is 1. The van der Waals surface area contributed by atoms with Gasteiger partial charge in [0.05, 0.1) is 11.7 Å². The topological polar surface area (TPSA) is 44.4 Å². The Kier molecular flexibility index (Phi) is 6.40. The van der Waals surface area contributed by atoms with E-state index in [1.165, 1.54) is 36.4 Å². The lowest BCUT2D eigenvalue weighted by molar-refractivity contribution is -0.274. The second-order valence-electron chi connectivity index (χ2n) is 9.84. The number of alkyl halides is 3. The molecule has 1 N–H and O–H groups in total. The number of aryl methyl sites for hydroxylation is 2. The van der Waals surface area contributed by atoms with Gasteiger partial charge in [0.2, 0.25) is 5.95 Å². The molecule has 0 spiro atoms. The first-order valence-corrected chi connectivity index (χ1v) is 12.8. The van der Waals surface area contributed by atoms with E-state index in [0.29, 0.717) is 36.6 Å². The van der Waals surface area contributed by atoms with E-state index < -0.39 is 6.36 Å². The number of imidazole rings is 1. The predicted molar refractivity (Wildman–Crippen MR) is 138 cm³/mol. The first kappa shape index (κ1) is 25.2. The van der Waals surface area contributed by atoms with Crippen molar-refractivity contribution in [2.45, 2.75) is 38.1 Å². The Morgan fingerprint density at radius 2 is 1.51 bits per heavy atom. The molecule has 1 saturated heterocycles. The van der Waals surface area contributed by atoms with Crippen molar-refractivity contribution in [1.29, 1.82) is 0 Å². The van der Waals surface area contributed by atoms with Crippen LogP contribution in [0.25, 0.3) is 11.3 Å². The fourth-order valence-corrected chi connectivity index (χ4v) is 5.58. The molecule has 0 amide bonds. The van der Waals surface area contributed by atoms with Gasteiger partial charge in [-0.15, -0.1) is 13.2 Å². The normalized spacial score (nSPS) is 17.4. The molecule has 0 aliphatic carbocycles. The van der Waals surface area contributed by atoms with Crippen molar-refractivity contribution in [3.05, 3.63) is 89.6 Å². The number of hydrogen-bond donors (Lipinski definition) is 1. The van der Waals surface area contributed by atoms with Crippen LogP contribution in [-0.4, -0.2) is 35.5 Å². The van der Waals surface area contributed by atoms with Crippen LogP contribution in [0.15, 0.2) is 66.9 Å². The van der Waals surface area contributed by atoms with Gasteiger partial charge >= 0.3 is 6.36 Å². The fourth-order valence-electron chi connectivity index (χ4n) is 5.58. The van der Waals surface area contributed by atoms with Crippen molar-refractivity contribution >= 4 is 17.3 Å². The summed E-state index contributed by atoms with van der Waals surface area (Å²) in [6.45, 7) is 1.39. The predicted octanol–water partition coefficient (Wildman–Crippen LogP) is 7.16. The van der Waals surface area contributed by atoms with E-state index in [9.17, 15) is 22.0 Å². The SMILES string of the molecule is Fc1ccc2c(c1)CCc1cc(F)ccc1N2C1CCCN(c2nc(-c3ccc(OC(F)(F)F)cc3)c[nH]2)C1. The van der Waals surface area contributed by atoms with Crippen LogP contribution in [0.4, 0.5) is 39.3 Å². The molecule has 39 heavy (non-hydrogen) atoms. The number of hydrogen-bond acceptors (Lipinski definition) is 4. The maximum atomic E-state index is 14.2. The van der Waals surface area contributed by atoms with Crippen molar-refractivity contribution in [2.24, 2.45) is 0 Å². The quantitative estimate of drug-likeness (QED) is 0.279. The number of fused-ring (bicyclic) bond motifs is 2. The molecule has 1 atom stereocenters. The van der Waals surface area contributed by atoms with Gasteiger partial charge in [-0.25, -0.2) is 13.8 Å². The van der Waals surface area contributed by atoms with Crippen LogP contribution in [0.5, 0.6) is 5.75 Å². The summed E-state index contributed by atoms with van der Waals surface area (Å²) in [5.41, 5.74) is 4.89. The molecular formula is C29H25F5N4O. The number of ether oxygens (including phenoxy) is 1. The van der Waals surface area contributed by atoms with Gasteiger partial charge in [0.15, 0.2) is 0 Å². The Bertz CT molecular complexity index is 1430. The molecule has 1 unspecified atom stereocenters. The number of halogens is 5. The molecule has 10 heteroatoms. The van der Waals surface area contributed by atoms with Crippen LogP contribution in [0.1, 0.15) is 24.0 Å². The van der Waals surface area contributed by atoms with Gasteiger partial charge in [-0.05, 0) is 97.5 Å². The van der Waals surface area contributed by atoms with Crippen LogP contribution in [0, 0.1) is 11.6 Å². The molecular weight excluding hydrogens is 515 g/mol. The lowest BCUT2D eigenvalue weighted by Crippen LogP contribution is -2.47. The highest BCUT2D eigenvalue weighted by molar-refractivity contribution is 5.72. The number of anilines is 3. The smallest absolute Gasteiger partial charge is 0.406 e. The third-order valence-corrected chi connectivity index (χ3v) is 7.28. The van der Waals surface area contributed by atoms with E-state index in [2.05, 4.69) is 19.5 Å². The first-order chi connectivity index (χ1) is 18.7. The number of rotatable bonds is 4.